The van der Waals surface area contributed by atoms with Crippen molar-refractivity contribution in [3.63, 3.8) is 0 Å². The van der Waals surface area contributed by atoms with Crippen molar-refractivity contribution in [3.8, 4) is 0 Å². The Labute approximate surface area is 122 Å². The molecule has 0 aliphatic rings. The third kappa shape index (κ3) is 2.87. The van der Waals surface area contributed by atoms with Gasteiger partial charge in [-0.15, -0.1) is 0 Å². The molecule has 1 N–H and O–H groups in total. The fourth-order valence-corrected chi connectivity index (χ4v) is 2.82. The number of nitrogens with zero attached hydrogens (tertiary/aromatic N) is 3. The van der Waals surface area contributed by atoms with Gasteiger partial charge in [0.1, 0.15) is 0 Å². The molecular weight excluding hydrogens is 304 g/mol. The summed E-state index contributed by atoms with van der Waals surface area (Å²) < 4.78 is 3.08. The van der Waals surface area contributed by atoms with Crippen LogP contribution in [0.25, 0.3) is 0 Å². The van der Waals surface area contributed by atoms with Crippen LogP contribution in [0.3, 0.4) is 0 Å². The minimum absolute atomic E-state index is 0.0946. The van der Waals surface area contributed by atoms with Crippen molar-refractivity contribution in [3.05, 3.63) is 46.0 Å². The third-order valence-corrected chi connectivity index (χ3v) is 3.80. The van der Waals surface area contributed by atoms with E-state index in [2.05, 4.69) is 49.0 Å². The summed E-state index contributed by atoms with van der Waals surface area (Å²) in [5.74, 6) is 0. The summed E-state index contributed by atoms with van der Waals surface area (Å²) in [7, 11) is 1.97. The molecule has 19 heavy (non-hydrogen) atoms. The van der Waals surface area contributed by atoms with E-state index in [1.165, 1.54) is 5.56 Å². The molecular formula is C14H19BrN4. The number of halogens is 1. The number of hydrogen-bond acceptors (Lipinski definition) is 3. The first-order chi connectivity index (χ1) is 9.19. The number of nitrogens with one attached hydrogen (secondary N) is 1. The molecule has 0 aromatic carbocycles. The van der Waals surface area contributed by atoms with Gasteiger partial charge in [0.25, 0.3) is 0 Å². The summed E-state index contributed by atoms with van der Waals surface area (Å²) in [5, 5.41) is 7.81. The number of aryl methyl sites for hydroxylation is 2. The van der Waals surface area contributed by atoms with Gasteiger partial charge in [0.05, 0.1) is 22.4 Å². The zero-order valence-electron chi connectivity index (χ0n) is 11.5. The quantitative estimate of drug-likeness (QED) is 0.919. The van der Waals surface area contributed by atoms with Gasteiger partial charge in [-0.25, -0.2) is 0 Å². The van der Waals surface area contributed by atoms with Crippen LogP contribution in [0.2, 0.25) is 0 Å². The minimum Gasteiger partial charge on any atom is -0.308 e. The molecule has 2 aromatic rings. The molecule has 0 bridgehead atoms. The van der Waals surface area contributed by atoms with Gasteiger partial charge >= 0.3 is 0 Å². The van der Waals surface area contributed by atoms with Gasteiger partial charge in [-0.3, -0.25) is 9.67 Å². The lowest BCUT2D eigenvalue weighted by molar-refractivity contribution is 0.531. The molecule has 0 aliphatic heterocycles. The summed E-state index contributed by atoms with van der Waals surface area (Å²) in [4.78, 5) is 4.38. The van der Waals surface area contributed by atoms with Crippen molar-refractivity contribution < 1.29 is 0 Å². The Balaban J connectivity index is 2.48. The molecule has 2 rings (SSSR count). The van der Waals surface area contributed by atoms with Crippen LogP contribution in [-0.2, 0) is 6.54 Å². The average molecular weight is 323 g/mol. The molecule has 102 valence electrons. The molecule has 1 unspecified atom stereocenters. The van der Waals surface area contributed by atoms with Crippen molar-refractivity contribution in [2.24, 2.45) is 0 Å². The van der Waals surface area contributed by atoms with Gasteiger partial charge in [-0.2, -0.15) is 5.10 Å². The fraction of sp³-hybridized carbons (Fsp3) is 0.429. The third-order valence-electron chi connectivity index (χ3n) is 3.19. The molecule has 0 saturated carbocycles. The van der Waals surface area contributed by atoms with Crippen LogP contribution in [0.15, 0.2) is 29.0 Å². The van der Waals surface area contributed by atoms with E-state index < -0.39 is 0 Å². The van der Waals surface area contributed by atoms with Crippen LogP contribution in [0, 0.1) is 6.92 Å². The molecule has 0 saturated heterocycles. The highest BCUT2D eigenvalue weighted by atomic mass is 79.9. The zero-order chi connectivity index (χ0) is 13.8. The highest BCUT2D eigenvalue weighted by molar-refractivity contribution is 9.10. The summed E-state index contributed by atoms with van der Waals surface area (Å²) in [6.07, 6.45) is 4.74. The summed E-state index contributed by atoms with van der Waals surface area (Å²) in [5.41, 5.74) is 3.38. The molecule has 0 amide bonds. The lowest BCUT2D eigenvalue weighted by atomic mass is 10.0. The van der Waals surface area contributed by atoms with E-state index >= 15 is 0 Å². The second-order valence-corrected chi connectivity index (χ2v) is 5.35. The Morgan fingerprint density at radius 1 is 1.47 bits per heavy atom. The topological polar surface area (TPSA) is 42.7 Å². The maximum absolute atomic E-state index is 4.44. The van der Waals surface area contributed by atoms with Gasteiger partial charge < -0.3 is 5.32 Å². The first kappa shape index (κ1) is 14.2. The number of hydrogen-bond donors (Lipinski definition) is 1. The van der Waals surface area contributed by atoms with Crippen LogP contribution < -0.4 is 5.32 Å². The lowest BCUT2D eigenvalue weighted by Gasteiger charge is -2.20. The van der Waals surface area contributed by atoms with Gasteiger partial charge in [0, 0.05) is 18.4 Å². The van der Waals surface area contributed by atoms with E-state index in [0.29, 0.717) is 0 Å². The summed E-state index contributed by atoms with van der Waals surface area (Å²) >= 11 is 3.61. The number of aromatic nitrogens is 3. The maximum atomic E-state index is 4.44. The number of pyridine rings is 1. The van der Waals surface area contributed by atoms with Gasteiger partial charge in [-0.1, -0.05) is 13.0 Å². The van der Waals surface area contributed by atoms with Crippen molar-refractivity contribution in [2.45, 2.75) is 32.9 Å². The smallest absolute Gasteiger partial charge is 0.0775 e. The van der Waals surface area contributed by atoms with Crippen molar-refractivity contribution in [1.82, 2.24) is 20.1 Å². The molecule has 0 aliphatic carbocycles. The standard InChI is InChI=1S/C14H19BrN4/c1-4-8-19-14(12(15)9-18-19)13(16-3)11-6-5-7-17-10(11)2/h5-7,9,13,16H,4,8H2,1-3H3. The van der Waals surface area contributed by atoms with Crippen molar-refractivity contribution >= 4 is 15.9 Å². The van der Waals surface area contributed by atoms with Crippen LogP contribution in [-0.4, -0.2) is 21.8 Å². The Morgan fingerprint density at radius 2 is 2.26 bits per heavy atom. The highest BCUT2D eigenvalue weighted by Crippen LogP contribution is 2.29. The van der Waals surface area contributed by atoms with Crippen LogP contribution in [0.1, 0.15) is 36.3 Å². The molecule has 5 heteroatoms. The fourth-order valence-electron chi connectivity index (χ4n) is 2.29. The normalized spacial score (nSPS) is 12.6. The Hall–Kier alpha value is -1.20. The minimum atomic E-state index is 0.0946. The molecule has 0 spiro atoms. The molecule has 2 aromatic heterocycles. The predicted molar refractivity (Wildman–Crippen MR) is 80.1 cm³/mol. The van der Waals surface area contributed by atoms with E-state index in [4.69, 9.17) is 0 Å². The Bertz CT molecular complexity index is 550. The SMILES string of the molecule is CCCn1ncc(Br)c1C(NC)c1cccnc1C. The maximum Gasteiger partial charge on any atom is 0.0775 e. The van der Waals surface area contributed by atoms with E-state index in [1.54, 1.807) is 0 Å². The second-order valence-electron chi connectivity index (χ2n) is 4.50. The van der Waals surface area contributed by atoms with Crippen molar-refractivity contribution in [1.29, 1.82) is 0 Å². The van der Waals surface area contributed by atoms with Crippen LogP contribution >= 0.6 is 15.9 Å². The molecule has 4 nitrogen and oxygen atoms in total. The van der Waals surface area contributed by atoms with Gasteiger partial charge in [0.15, 0.2) is 0 Å². The first-order valence-electron chi connectivity index (χ1n) is 6.49. The molecule has 0 radical (unpaired) electrons. The largest absolute Gasteiger partial charge is 0.308 e. The Morgan fingerprint density at radius 3 is 2.89 bits per heavy atom. The van der Waals surface area contributed by atoms with E-state index in [9.17, 15) is 0 Å². The summed E-state index contributed by atoms with van der Waals surface area (Å²) in [6.45, 7) is 5.11. The van der Waals surface area contributed by atoms with Gasteiger partial charge in [0.2, 0.25) is 0 Å². The zero-order valence-corrected chi connectivity index (χ0v) is 13.1. The Kier molecular flexibility index (Phi) is 4.71. The first-order valence-corrected chi connectivity index (χ1v) is 7.28. The van der Waals surface area contributed by atoms with E-state index in [0.717, 1.165) is 28.8 Å². The predicted octanol–water partition coefficient (Wildman–Crippen LogP) is 3.07. The molecule has 1 atom stereocenters. The van der Waals surface area contributed by atoms with Crippen molar-refractivity contribution in [2.75, 3.05) is 7.05 Å². The highest BCUT2D eigenvalue weighted by Gasteiger charge is 2.21. The lowest BCUT2D eigenvalue weighted by Crippen LogP contribution is -2.23. The van der Waals surface area contributed by atoms with Gasteiger partial charge in [-0.05, 0) is 48.0 Å². The van der Waals surface area contributed by atoms with E-state index in [1.807, 2.05) is 32.4 Å². The summed E-state index contributed by atoms with van der Waals surface area (Å²) in [6, 6.07) is 4.18. The average Bonchev–Trinajstić information content (AvgIpc) is 2.75. The molecule has 2 heterocycles. The van der Waals surface area contributed by atoms with E-state index in [-0.39, 0.29) is 6.04 Å². The van der Waals surface area contributed by atoms with Crippen LogP contribution in [0.5, 0.6) is 0 Å². The van der Waals surface area contributed by atoms with Crippen LogP contribution in [0.4, 0.5) is 0 Å². The second kappa shape index (κ2) is 6.30. The monoisotopic (exact) mass is 322 g/mol. The molecule has 0 fully saturated rings. The number of rotatable bonds is 5.